The summed E-state index contributed by atoms with van der Waals surface area (Å²) in [5.41, 5.74) is 5.05. The Morgan fingerprint density at radius 3 is 2.50 bits per heavy atom. The van der Waals surface area contributed by atoms with E-state index in [1.54, 1.807) is 0 Å². The third kappa shape index (κ3) is 4.78. The van der Waals surface area contributed by atoms with E-state index in [4.69, 9.17) is 0 Å². The summed E-state index contributed by atoms with van der Waals surface area (Å²) in [4.78, 5) is 22.0. The summed E-state index contributed by atoms with van der Waals surface area (Å²) in [6.07, 6.45) is 0.713. The van der Waals surface area contributed by atoms with E-state index >= 15 is 0 Å². The van der Waals surface area contributed by atoms with Crippen LogP contribution >= 0.6 is 11.8 Å². The average Bonchev–Trinajstić information content (AvgIpc) is 2.70. The first-order valence-electron chi connectivity index (χ1n) is 9.42. The number of benzene rings is 2. The zero-order chi connectivity index (χ0) is 20.1. The fraction of sp³-hybridized carbons (Fsp3) is 0.261. The van der Waals surface area contributed by atoms with Gasteiger partial charge in [0.05, 0.1) is 10.9 Å². The van der Waals surface area contributed by atoms with E-state index in [0.29, 0.717) is 12.2 Å². The number of aryl methyl sites for hydroxylation is 2. The predicted octanol–water partition coefficient (Wildman–Crippen LogP) is 5.58. The Morgan fingerprint density at radius 2 is 1.79 bits per heavy atom. The van der Waals surface area contributed by atoms with E-state index in [2.05, 4.69) is 15.3 Å². The summed E-state index contributed by atoms with van der Waals surface area (Å²) in [5, 5.41) is 3.67. The van der Waals surface area contributed by atoms with Crippen LogP contribution in [0.25, 0.3) is 11.3 Å². The normalized spacial score (nSPS) is 11.9. The minimum Gasteiger partial charge on any atom is -0.325 e. The Labute approximate surface area is 170 Å². The number of rotatable bonds is 6. The van der Waals surface area contributed by atoms with Crippen LogP contribution in [0.5, 0.6) is 0 Å². The van der Waals surface area contributed by atoms with Crippen molar-refractivity contribution in [2.24, 2.45) is 0 Å². The van der Waals surface area contributed by atoms with E-state index in [-0.39, 0.29) is 11.2 Å². The van der Waals surface area contributed by atoms with Gasteiger partial charge in [-0.15, -0.1) is 0 Å². The molecule has 0 bridgehead atoms. The van der Waals surface area contributed by atoms with Crippen molar-refractivity contribution >= 4 is 23.4 Å². The standard InChI is InChI=1S/C23H25N3OS/c1-5-21(23(27)26-19-13-9-10-15(2)16(19)3)28-22-14-20(24-17(4)25-22)18-11-7-6-8-12-18/h6-14,21H,5H2,1-4H3,(H,26,27). The number of nitrogens with zero attached hydrogens (tertiary/aromatic N) is 2. The van der Waals surface area contributed by atoms with Gasteiger partial charge >= 0.3 is 0 Å². The summed E-state index contributed by atoms with van der Waals surface area (Å²) >= 11 is 1.49. The molecule has 1 unspecified atom stereocenters. The van der Waals surface area contributed by atoms with Gasteiger partial charge in [0.25, 0.3) is 0 Å². The molecule has 1 atom stereocenters. The molecule has 3 aromatic rings. The fourth-order valence-electron chi connectivity index (χ4n) is 2.93. The number of anilines is 1. The molecule has 0 fully saturated rings. The lowest BCUT2D eigenvalue weighted by Gasteiger charge is -2.17. The maximum atomic E-state index is 12.9. The molecule has 3 rings (SSSR count). The van der Waals surface area contributed by atoms with E-state index in [9.17, 15) is 4.79 Å². The molecule has 0 saturated carbocycles. The molecule has 1 amide bonds. The third-order valence-corrected chi connectivity index (χ3v) is 5.96. The van der Waals surface area contributed by atoms with Crippen molar-refractivity contribution < 1.29 is 4.79 Å². The Bertz CT molecular complexity index is 973. The molecular formula is C23H25N3OS. The second-order valence-electron chi connectivity index (χ2n) is 6.76. The second kappa shape index (κ2) is 9.02. The predicted molar refractivity (Wildman–Crippen MR) is 117 cm³/mol. The van der Waals surface area contributed by atoms with Crippen molar-refractivity contribution in [1.29, 1.82) is 0 Å². The van der Waals surface area contributed by atoms with Gasteiger partial charge in [0, 0.05) is 11.3 Å². The largest absolute Gasteiger partial charge is 0.325 e. The van der Waals surface area contributed by atoms with Gasteiger partial charge in [-0.1, -0.05) is 61.2 Å². The molecule has 28 heavy (non-hydrogen) atoms. The van der Waals surface area contributed by atoms with E-state index in [0.717, 1.165) is 33.1 Å². The molecule has 2 aromatic carbocycles. The van der Waals surface area contributed by atoms with Gasteiger partial charge < -0.3 is 5.32 Å². The molecule has 1 N–H and O–H groups in total. The van der Waals surface area contributed by atoms with Crippen LogP contribution in [0, 0.1) is 20.8 Å². The molecular weight excluding hydrogens is 366 g/mol. The highest BCUT2D eigenvalue weighted by atomic mass is 32.2. The van der Waals surface area contributed by atoms with Crippen LogP contribution < -0.4 is 5.32 Å². The highest BCUT2D eigenvalue weighted by Gasteiger charge is 2.20. The molecule has 0 aliphatic heterocycles. The number of thioether (sulfide) groups is 1. The topological polar surface area (TPSA) is 54.9 Å². The molecule has 0 spiro atoms. The Balaban J connectivity index is 1.80. The first-order chi connectivity index (χ1) is 13.5. The monoisotopic (exact) mass is 391 g/mol. The smallest absolute Gasteiger partial charge is 0.237 e. The third-order valence-electron chi connectivity index (χ3n) is 4.67. The first-order valence-corrected chi connectivity index (χ1v) is 10.3. The van der Waals surface area contributed by atoms with Crippen LogP contribution in [0.1, 0.15) is 30.3 Å². The lowest BCUT2D eigenvalue weighted by molar-refractivity contribution is -0.115. The lowest BCUT2D eigenvalue weighted by atomic mass is 10.1. The van der Waals surface area contributed by atoms with Crippen molar-refractivity contribution in [2.75, 3.05) is 5.32 Å². The van der Waals surface area contributed by atoms with Gasteiger partial charge in [0.15, 0.2) is 0 Å². The number of aromatic nitrogens is 2. The number of amides is 1. The number of nitrogens with one attached hydrogen (secondary N) is 1. The minimum absolute atomic E-state index is 0.00118. The molecule has 1 aromatic heterocycles. The zero-order valence-electron chi connectivity index (χ0n) is 16.7. The average molecular weight is 392 g/mol. The van der Waals surface area contributed by atoms with Gasteiger partial charge in [0.2, 0.25) is 5.91 Å². The summed E-state index contributed by atoms with van der Waals surface area (Å²) in [5.74, 6) is 0.701. The molecule has 0 saturated heterocycles. The molecule has 1 heterocycles. The Hall–Kier alpha value is -2.66. The fourth-order valence-corrected chi connectivity index (χ4v) is 3.91. The van der Waals surface area contributed by atoms with Crippen LogP contribution in [-0.4, -0.2) is 21.1 Å². The van der Waals surface area contributed by atoms with Crippen molar-refractivity contribution in [3.05, 3.63) is 71.5 Å². The second-order valence-corrected chi connectivity index (χ2v) is 7.98. The van der Waals surface area contributed by atoms with Crippen molar-refractivity contribution in [1.82, 2.24) is 9.97 Å². The van der Waals surface area contributed by atoms with Crippen LogP contribution in [0.3, 0.4) is 0 Å². The first kappa shape index (κ1) is 20.1. The zero-order valence-corrected chi connectivity index (χ0v) is 17.5. The van der Waals surface area contributed by atoms with E-state index < -0.39 is 0 Å². The number of hydrogen-bond acceptors (Lipinski definition) is 4. The SMILES string of the molecule is CCC(Sc1cc(-c2ccccc2)nc(C)n1)C(=O)Nc1cccc(C)c1C. The number of carbonyl (C=O) groups is 1. The Morgan fingerprint density at radius 1 is 1.04 bits per heavy atom. The van der Waals surface area contributed by atoms with Gasteiger partial charge in [-0.25, -0.2) is 9.97 Å². The molecule has 0 radical (unpaired) electrons. The van der Waals surface area contributed by atoms with Crippen LogP contribution in [0.15, 0.2) is 59.6 Å². The maximum Gasteiger partial charge on any atom is 0.237 e. The minimum atomic E-state index is -0.224. The number of carbonyl (C=O) groups excluding carboxylic acids is 1. The summed E-state index contributed by atoms with van der Waals surface area (Å²) in [7, 11) is 0. The quantitative estimate of drug-likeness (QED) is 0.440. The van der Waals surface area contributed by atoms with Gasteiger partial charge in [0.1, 0.15) is 10.9 Å². The highest BCUT2D eigenvalue weighted by molar-refractivity contribution is 8.00. The maximum absolute atomic E-state index is 12.9. The van der Waals surface area contributed by atoms with E-state index in [1.165, 1.54) is 11.8 Å². The summed E-state index contributed by atoms with van der Waals surface area (Å²) in [6, 6.07) is 17.9. The van der Waals surface area contributed by atoms with Crippen molar-refractivity contribution in [3.63, 3.8) is 0 Å². The molecule has 5 heteroatoms. The number of hydrogen-bond donors (Lipinski definition) is 1. The van der Waals surface area contributed by atoms with Crippen LogP contribution in [0.2, 0.25) is 0 Å². The molecule has 144 valence electrons. The highest BCUT2D eigenvalue weighted by Crippen LogP contribution is 2.29. The molecule has 0 aliphatic rings. The Kier molecular flexibility index (Phi) is 6.47. The molecule has 4 nitrogen and oxygen atoms in total. The van der Waals surface area contributed by atoms with Crippen molar-refractivity contribution in [2.45, 2.75) is 44.4 Å². The van der Waals surface area contributed by atoms with Crippen LogP contribution in [0.4, 0.5) is 5.69 Å². The van der Waals surface area contributed by atoms with Gasteiger partial charge in [-0.2, -0.15) is 0 Å². The summed E-state index contributed by atoms with van der Waals surface area (Å²) in [6.45, 7) is 7.98. The van der Waals surface area contributed by atoms with Gasteiger partial charge in [-0.3, -0.25) is 4.79 Å². The van der Waals surface area contributed by atoms with E-state index in [1.807, 2.05) is 82.3 Å². The van der Waals surface area contributed by atoms with Gasteiger partial charge in [-0.05, 0) is 50.5 Å². The lowest BCUT2D eigenvalue weighted by Crippen LogP contribution is -2.25. The van der Waals surface area contributed by atoms with Crippen molar-refractivity contribution in [3.8, 4) is 11.3 Å². The molecule has 0 aliphatic carbocycles. The summed E-state index contributed by atoms with van der Waals surface area (Å²) < 4.78 is 0. The van der Waals surface area contributed by atoms with Crippen LogP contribution in [-0.2, 0) is 4.79 Å².